The lowest BCUT2D eigenvalue weighted by atomic mass is 9.87. The molecule has 0 saturated carbocycles. The van der Waals surface area contributed by atoms with Crippen LogP contribution in [-0.4, -0.2) is 68.4 Å². The molecule has 0 radical (unpaired) electrons. The van der Waals surface area contributed by atoms with Crippen LogP contribution >= 0.6 is 0 Å². The molecule has 0 aliphatic carbocycles. The van der Waals surface area contributed by atoms with E-state index in [1.165, 1.54) is 17.7 Å². The fraction of sp³-hybridized carbons (Fsp3) is 0.462. The zero-order valence-corrected chi connectivity index (χ0v) is 19.6. The minimum Gasteiger partial charge on any atom is -0.356 e. The van der Waals surface area contributed by atoms with Crippen molar-refractivity contribution < 1.29 is 14.0 Å². The summed E-state index contributed by atoms with van der Waals surface area (Å²) in [6.07, 6.45) is 2.26. The zero-order valence-electron chi connectivity index (χ0n) is 19.6. The van der Waals surface area contributed by atoms with Crippen LogP contribution < -0.4 is 10.6 Å². The summed E-state index contributed by atoms with van der Waals surface area (Å²) in [6, 6.07) is 16.0. The van der Waals surface area contributed by atoms with E-state index in [9.17, 15) is 14.0 Å². The first-order chi connectivity index (χ1) is 15.9. The molecular formula is C26H35FN4O2. The van der Waals surface area contributed by atoms with Crippen molar-refractivity contribution >= 4 is 17.5 Å². The van der Waals surface area contributed by atoms with E-state index in [1.54, 1.807) is 12.1 Å². The lowest BCUT2D eigenvalue weighted by Crippen LogP contribution is -2.49. The number of amides is 2. The highest BCUT2D eigenvalue weighted by atomic mass is 19.1. The van der Waals surface area contributed by atoms with Gasteiger partial charge in [0.25, 0.3) is 0 Å². The second kappa shape index (κ2) is 12.5. The van der Waals surface area contributed by atoms with E-state index in [1.807, 2.05) is 32.3 Å². The fourth-order valence-corrected chi connectivity index (χ4v) is 4.21. The number of nitrogens with one attached hydrogen (secondary N) is 2. The quantitative estimate of drug-likeness (QED) is 0.542. The molecule has 2 atom stereocenters. The van der Waals surface area contributed by atoms with Gasteiger partial charge >= 0.3 is 0 Å². The van der Waals surface area contributed by atoms with Gasteiger partial charge in [-0.3, -0.25) is 9.59 Å². The van der Waals surface area contributed by atoms with Crippen molar-refractivity contribution in [3.63, 3.8) is 0 Å². The van der Waals surface area contributed by atoms with Crippen LogP contribution in [0.1, 0.15) is 18.4 Å². The number of halogens is 1. The first kappa shape index (κ1) is 24.9. The lowest BCUT2D eigenvalue weighted by molar-refractivity contribution is -0.130. The van der Waals surface area contributed by atoms with Gasteiger partial charge in [-0.2, -0.15) is 0 Å². The molecule has 2 N–H and O–H groups in total. The number of nitrogens with zero attached hydrogens (tertiary/aromatic N) is 2. The SMILES string of the molecule is CN(C)CCCNC(=O)[C@H]1C[C@@H](C(=O)Nc2ccc(F)cc2)CN(CCc2ccccc2)C1. The van der Waals surface area contributed by atoms with Gasteiger partial charge in [-0.15, -0.1) is 0 Å². The average Bonchev–Trinajstić information content (AvgIpc) is 2.82. The molecule has 1 fully saturated rings. The summed E-state index contributed by atoms with van der Waals surface area (Å²) in [4.78, 5) is 30.2. The van der Waals surface area contributed by atoms with Crippen LogP contribution in [0, 0.1) is 17.7 Å². The number of carbonyl (C=O) groups is 2. The molecule has 3 rings (SSSR count). The third-order valence-electron chi connectivity index (χ3n) is 6.02. The van der Waals surface area contributed by atoms with Crippen molar-refractivity contribution in [2.75, 3.05) is 52.1 Å². The number of hydrogen-bond acceptors (Lipinski definition) is 4. The molecule has 0 spiro atoms. The third kappa shape index (κ3) is 8.26. The molecule has 2 amide bonds. The van der Waals surface area contributed by atoms with E-state index in [-0.39, 0.29) is 29.5 Å². The summed E-state index contributed by atoms with van der Waals surface area (Å²) in [5.41, 5.74) is 1.80. The van der Waals surface area contributed by atoms with Crippen molar-refractivity contribution in [2.45, 2.75) is 19.3 Å². The van der Waals surface area contributed by atoms with Gasteiger partial charge in [0, 0.05) is 31.9 Å². The standard InChI is InChI=1S/C26H35FN4O2/c1-30(2)15-6-14-28-25(32)21-17-22(26(33)29-24-11-9-23(27)10-12-24)19-31(18-21)16-13-20-7-4-3-5-8-20/h3-5,7-12,21-22H,6,13-19H2,1-2H3,(H,28,32)(H,29,33)/t21-,22+/m0/s1. The van der Waals surface area contributed by atoms with Gasteiger partial charge in [0.1, 0.15) is 5.82 Å². The molecule has 1 aliphatic heterocycles. The van der Waals surface area contributed by atoms with Crippen molar-refractivity contribution in [3.8, 4) is 0 Å². The van der Waals surface area contributed by atoms with Crippen molar-refractivity contribution in [3.05, 3.63) is 66.0 Å². The lowest BCUT2D eigenvalue weighted by Gasteiger charge is -2.36. The number of carbonyl (C=O) groups excluding carboxylic acids is 2. The van der Waals surface area contributed by atoms with Crippen LogP contribution in [0.4, 0.5) is 10.1 Å². The average molecular weight is 455 g/mol. The number of hydrogen-bond donors (Lipinski definition) is 2. The second-order valence-electron chi connectivity index (χ2n) is 9.07. The highest BCUT2D eigenvalue weighted by molar-refractivity contribution is 5.93. The Balaban J connectivity index is 1.62. The van der Waals surface area contributed by atoms with Gasteiger partial charge in [0.15, 0.2) is 0 Å². The molecule has 0 bridgehead atoms. The van der Waals surface area contributed by atoms with E-state index in [4.69, 9.17) is 0 Å². The van der Waals surface area contributed by atoms with Gasteiger partial charge in [0.05, 0.1) is 11.8 Å². The van der Waals surface area contributed by atoms with E-state index in [0.717, 1.165) is 25.9 Å². The first-order valence-electron chi connectivity index (χ1n) is 11.7. The summed E-state index contributed by atoms with van der Waals surface area (Å²) < 4.78 is 13.2. The molecule has 33 heavy (non-hydrogen) atoms. The monoisotopic (exact) mass is 454 g/mol. The molecule has 2 aromatic carbocycles. The van der Waals surface area contributed by atoms with Gasteiger partial charge < -0.3 is 20.4 Å². The molecule has 0 aromatic heterocycles. The fourth-order valence-electron chi connectivity index (χ4n) is 4.21. The van der Waals surface area contributed by atoms with Crippen LogP contribution in [-0.2, 0) is 16.0 Å². The Bertz CT molecular complexity index is 889. The first-order valence-corrected chi connectivity index (χ1v) is 11.7. The van der Waals surface area contributed by atoms with Crippen LogP contribution in [0.15, 0.2) is 54.6 Å². The minimum absolute atomic E-state index is 0.0118. The summed E-state index contributed by atoms with van der Waals surface area (Å²) in [6.45, 7) is 3.58. The van der Waals surface area contributed by atoms with E-state index >= 15 is 0 Å². The summed E-state index contributed by atoms with van der Waals surface area (Å²) in [5, 5.41) is 5.94. The molecule has 0 unspecified atom stereocenters. The Morgan fingerprint density at radius 2 is 1.67 bits per heavy atom. The molecule has 2 aromatic rings. The Morgan fingerprint density at radius 1 is 1.00 bits per heavy atom. The Morgan fingerprint density at radius 3 is 2.33 bits per heavy atom. The van der Waals surface area contributed by atoms with E-state index in [2.05, 4.69) is 32.6 Å². The van der Waals surface area contributed by atoms with Gasteiger partial charge in [0.2, 0.25) is 11.8 Å². The number of rotatable bonds is 10. The van der Waals surface area contributed by atoms with Crippen molar-refractivity contribution in [1.82, 2.24) is 15.1 Å². The summed E-state index contributed by atoms with van der Waals surface area (Å²) >= 11 is 0. The van der Waals surface area contributed by atoms with Gasteiger partial charge in [-0.05, 0) is 69.7 Å². The topological polar surface area (TPSA) is 64.7 Å². The van der Waals surface area contributed by atoms with Gasteiger partial charge in [-0.1, -0.05) is 30.3 Å². The second-order valence-corrected chi connectivity index (χ2v) is 9.07. The molecule has 7 heteroatoms. The predicted octanol–water partition coefficient (Wildman–Crippen LogP) is 3.01. The molecule has 178 valence electrons. The van der Waals surface area contributed by atoms with E-state index in [0.29, 0.717) is 31.7 Å². The largest absolute Gasteiger partial charge is 0.356 e. The predicted molar refractivity (Wildman–Crippen MR) is 129 cm³/mol. The summed E-state index contributed by atoms with van der Waals surface area (Å²) in [5.74, 6) is -1.01. The van der Waals surface area contributed by atoms with Crippen LogP contribution in [0.5, 0.6) is 0 Å². The smallest absolute Gasteiger partial charge is 0.228 e. The number of likely N-dealkylation sites (tertiary alicyclic amines) is 1. The van der Waals surface area contributed by atoms with E-state index < -0.39 is 0 Å². The number of anilines is 1. The number of piperidine rings is 1. The maximum Gasteiger partial charge on any atom is 0.228 e. The molecule has 1 heterocycles. The molecule has 1 saturated heterocycles. The molecule has 6 nitrogen and oxygen atoms in total. The maximum atomic E-state index is 13.2. The molecular weight excluding hydrogens is 419 g/mol. The number of benzene rings is 2. The normalized spacial score (nSPS) is 18.8. The van der Waals surface area contributed by atoms with Crippen molar-refractivity contribution in [2.24, 2.45) is 11.8 Å². The van der Waals surface area contributed by atoms with Crippen molar-refractivity contribution in [1.29, 1.82) is 0 Å². The Labute approximate surface area is 196 Å². The highest BCUT2D eigenvalue weighted by Crippen LogP contribution is 2.24. The Hall–Kier alpha value is -2.77. The van der Waals surface area contributed by atoms with Crippen LogP contribution in [0.25, 0.3) is 0 Å². The third-order valence-corrected chi connectivity index (χ3v) is 6.02. The van der Waals surface area contributed by atoms with Gasteiger partial charge in [-0.25, -0.2) is 4.39 Å². The van der Waals surface area contributed by atoms with Crippen LogP contribution in [0.3, 0.4) is 0 Å². The maximum absolute atomic E-state index is 13.2. The molecule has 1 aliphatic rings. The zero-order chi connectivity index (χ0) is 23.6. The van der Waals surface area contributed by atoms with Crippen LogP contribution in [0.2, 0.25) is 0 Å². The Kier molecular flexibility index (Phi) is 9.39. The summed E-state index contributed by atoms with van der Waals surface area (Å²) in [7, 11) is 4.02. The highest BCUT2D eigenvalue weighted by Gasteiger charge is 2.35. The minimum atomic E-state index is -0.344.